The van der Waals surface area contributed by atoms with Gasteiger partial charge in [0.1, 0.15) is 11.9 Å². The van der Waals surface area contributed by atoms with Crippen molar-refractivity contribution in [3.8, 4) is 10.4 Å². The Morgan fingerprint density at radius 3 is 2.91 bits per heavy atom. The molecule has 116 valence electrons. The van der Waals surface area contributed by atoms with Gasteiger partial charge in [-0.3, -0.25) is 5.32 Å². The fourth-order valence-corrected chi connectivity index (χ4v) is 3.31. The van der Waals surface area contributed by atoms with E-state index in [2.05, 4.69) is 10.6 Å². The highest BCUT2D eigenvalue weighted by atomic mass is 32.1. The van der Waals surface area contributed by atoms with E-state index >= 15 is 0 Å². The molecular weight excluding hydrogens is 303 g/mol. The number of hydrogen-bond acceptors (Lipinski definition) is 4. The topological polar surface area (TPSA) is 50.4 Å². The molecule has 4 nitrogen and oxygen atoms in total. The van der Waals surface area contributed by atoms with E-state index in [9.17, 15) is 9.18 Å². The fourth-order valence-electron chi connectivity index (χ4n) is 2.47. The number of benzene rings is 1. The number of ether oxygens (including phenoxy) is 1. The second-order valence-corrected chi connectivity index (χ2v) is 6.07. The molecule has 1 fully saturated rings. The highest BCUT2D eigenvalue weighted by Crippen LogP contribution is 2.34. The Labute approximate surface area is 132 Å². The van der Waals surface area contributed by atoms with E-state index in [1.807, 2.05) is 11.4 Å². The van der Waals surface area contributed by atoms with E-state index < -0.39 is 6.09 Å². The predicted octanol–water partition coefficient (Wildman–Crippen LogP) is 3.85. The SMILES string of the molecule is O=C(Nc1ccsc1-c1cccc(F)c1)OC1CCNCC1. The number of nitrogens with one attached hydrogen (secondary N) is 2. The van der Waals surface area contributed by atoms with Crippen LogP contribution in [0, 0.1) is 5.82 Å². The summed E-state index contributed by atoms with van der Waals surface area (Å²) in [6, 6.07) is 8.12. The third-order valence-electron chi connectivity index (χ3n) is 3.55. The summed E-state index contributed by atoms with van der Waals surface area (Å²) in [5.41, 5.74) is 1.39. The van der Waals surface area contributed by atoms with E-state index in [1.165, 1.54) is 23.5 Å². The predicted molar refractivity (Wildman–Crippen MR) is 85.7 cm³/mol. The molecular formula is C16H17FN2O2S. The Hall–Kier alpha value is -1.92. The summed E-state index contributed by atoms with van der Waals surface area (Å²) in [6.07, 6.45) is 1.15. The second kappa shape index (κ2) is 6.89. The molecule has 0 aliphatic carbocycles. The molecule has 1 saturated heterocycles. The fraction of sp³-hybridized carbons (Fsp3) is 0.312. The van der Waals surface area contributed by atoms with Crippen molar-refractivity contribution >= 4 is 23.1 Å². The van der Waals surface area contributed by atoms with Crippen LogP contribution < -0.4 is 10.6 Å². The molecule has 1 aromatic heterocycles. The Bertz CT molecular complexity index is 653. The van der Waals surface area contributed by atoms with E-state index in [0.717, 1.165) is 36.4 Å². The first-order valence-corrected chi connectivity index (χ1v) is 8.12. The summed E-state index contributed by atoms with van der Waals surface area (Å²) in [4.78, 5) is 12.8. The number of hydrogen-bond donors (Lipinski definition) is 2. The highest BCUT2D eigenvalue weighted by Gasteiger charge is 2.18. The minimum absolute atomic E-state index is 0.0440. The average molecular weight is 320 g/mol. The van der Waals surface area contributed by atoms with Crippen molar-refractivity contribution in [1.29, 1.82) is 0 Å². The van der Waals surface area contributed by atoms with Crippen molar-refractivity contribution in [3.05, 3.63) is 41.5 Å². The first-order chi connectivity index (χ1) is 10.7. The lowest BCUT2D eigenvalue weighted by molar-refractivity contribution is 0.0909. The quantitative estimate of drug-likeness (QED) is 0.903. The lowest BCUT2D eigenvalue weighted by Crippen LogP contribution is -2.34. The molecule has 2 heterocycles. The summed E-state index contributed by atoms with van der Waals surface area (Å²) in [7, 11) is 0. The van der Waals surface area contributed by atoms with E-state index in [4.69, 9.17) is 4.74 Å². The van der Waals surface area contributed by atoms with Gasteiger partial charge >= 0.3 is 6.09 Å². The zero-order valence-corrected chi connectivity index (χ0v) is 12.8. The molecule has 2 aromatic rings. The molecule has 1 aliphatic rings. The summed E-state index contributed by atoms with van der Waals surface area (Å²) >= 11 is 1.45. The monoisotopic (exact) mass is 320 g/mol. The first kappa shape index (κ1) is 15.0. The van der Waals surface area contributed by atoms with E-state index in [1.54, 1.807) is 12.1 Å². The molecule has 0 spiro atoms. The number of carbonyl (C=O) groups is 1. The Kier molecular flexibility index (Phi) is 4.70. The molecule has 0 bridgehead atoms. The van der Waals surface area contributed by atoms with Crippen LogP contribution in [0.2, 0.25) is 0 Å². The molecule has 0 saturated carbocycles. The summed E-state index contributed by atoms with van der Waals surface area (Å²) in [5.74, 6) is -0.297. The molecule has 0 atom stereocenters. The van der Waals surface area contributed by atoms with Gasteiger partial charge in [0, 0.05) is 0 Å². The third-order valence-corrected chi connectivity index (χ3v) is 4.51. The lowest BCUT2D eigenvalue weighted by atomic mass is 10.1. The molecule has 6 heteroatoms. The molecule has 3 rings (SSSR count). The minimum atomic E-state index is -0.456. The van der Waals surface area contributed by atoms with Gasteiger partial charge in [-0.15, -0.1) is 11.3 Å². The van der Waals surface area contributed by atoms with Crippen molar-refractivity contribution in [2.45, 2.75) is 18.9 Å². The molecule has 1 amide bonds. The van der Waals surface area contributed by atoms with Crippen LogP contribution in [0.15, 0.2) is 35.7 Å². The molecule has 1 aliphatic heterocycles. The van der Waals surface area contributed by atoms with Gasteiger partial charge in [-0.1, -0.05) is 12.1 Å². The molecule has 22 heavy (non-hydrogen) atoms. The van der Waals surface area contributed by atoms with Crippen LogP contribution in [0.1, 0.15) is 12.8 Å². The van der Waals surface area contributed by atoms with Gasteiger partial charge in [0.25, 0.3) is 0 Å². The third kappa shape index (κ3) is 3.64. The number of rotatable bonds is 3. The maximum absolute atomic E-state index is 13.3. The van der Waals surface area contributed by atoms with Crippen molar-refractivity contribution in [2.24, 2.45) is 0 Å². The standard InChI is InChI=1S/C16H17FN2O2S/c17-12-3-1-2-11(10-12)15-14(6-9-22-15)19-16(20)21-13-4-7-18-8-5-13/h1-3,6,9-10,13,18H,4-5,7-8H2,(H,19,20). The Morgan fingerprint density at radius 1 is 1.32 bits per heavy atom. The van der Waals surface area contributed by atoms with Crippen molar-refractivity contribution < 1.29 is 13.9 Å². The second-order valence-electron chi connectivity index (χ2n) is 5.15. The van der Waals surface area contributed by atoms with Crippen LogP contribution in [0.3, 0.4) is 0 Å². The van der Waals surface area contributed by atoms with Gasteiger partial charge in [-0.2, -0.15) is 0 Å². The van der Waals surface area contributed by atoms with Gasteiger partial charge in [-0.25, -0.2) is 9.18 Å². The van der Waals surface area contributed by atoms with Crippen LogP contribution in [0.4, 0.5) is 14.9 Å². The molecule has 0 unspecified atom stereocenters. The van der Waals surface area contributed by atoms with Gasteiger partial charge in [0.05, 0.1) is 10.6 Å². The normalized spacial score (nSPS) is 15.5. The maximum atomic E-state index is 13.3. The smallest absolute Gasteiger partial charge is 0.411 e. The summed E-state index contributed by atoms with van der Waals surface area (Å²) in [5, 5.41) is 7.85. The number of anilines is 1. The zero-order chi connectivity index (χ0) is 15.4. The summed E-state index contributed by atoms with van der Waals surface area (Å²) < 4.78 is 18.8. The number of amides is 1. The maximum Gasteiger partial charge on any atom is 0.411 e. The zero-order valence-electron chi connectivity index (χ0n) is 12.0. The van der Waals surface area contributed by atoms with Crippen molar-refractivity contribution in [3.63, 3.8) is 0 Å². The summed E-state index contributed by atoms with van der Waals surface area (Å²) in [6.45, 7) is 1.73. The lowest BCUT2D eigenvalue weighted by Gasteiger charge is -2.22. The number of carbonyl (C=O) groups excluding carboxylic acids is 1. The highest BCUT2D eigenvalue weighted by molar-refractivity contribution is 7.14. The van der Waals surface area contributed by atoms with Gasteiger partial charge in [0.2, 0.25) is 0 Å². The number of thiophene rings is 1. The Morgan fingerprint density at radius 2 is 2.14 bits per heavy atom. The Balaban J connectivity index is 1.68. The van der Waals surface area contributed by atoms with Crippen LogP contribution in [0.5, 0.6) is 0 Å². The van der Waals surface area contributed by atoms with Crippen LogP contribution >= 0.6 is 11.3 Å². The minimum Gasteiger partial charge on any atom is -0.446 e. The van der Waals surface area contributed by atoms with E-state index in [0.29, 0.717) is 5.69 Å². The largest absolute Gasteiger partial charge is 0.446 e. The van der Waals surface area contributed by atoms with Gasteiger partial charge in [0.15, 0.2) is 0 Å². The van der Waals surface area contributed by atoms with Gasteiger partial charge < -0.3 is 10.1 Å². The van der Waals surface area contributed by atoms with E-state index in [-0.39, 0.29) is 11.9 Å². The van der Waals surface area contributed by atoms with Crippen molar-refractivity contribution in [2.75, 3.05) is 18.4 Å². The first-order valence-electron chi connectivity index (χ1n) is 7.24. The number of piperidine rings is 1. The molecule has 2 N–H and O–H groups in total. The number of halogens is 1. The average Bonchev–Trinajstić information content (AvgIpc) is 2.96. The molecule has 0 radical (unpaired) electrons. The molecule has 1 aromatic carbocycles. The van der Waals surface area contributed by atoms with Crippen LogP contribution in [-0.4, -0.2) is 25.3 Å². The van der Waals surface area contributed by atoms with Crippen molar-refractivity contribution in [1.82, 2.24) is 5.32 Å². The van der Waals surface area contributed by atoms with Gasteiger partial charge in [-0.05, 0) is 55.1 Å². The van der Waals surface area contributed by atoms with Crippen LogP contribution in [-0.2, 0) is 4.74 Å². The van der Waals surface area contributed by atoms with Crippen LogP contribution in [0.25, 0.3) is 10.4 Å².